The van der Waals surface area contributed by atoms with Gasteiger partial charge in [-0.15, -0.1) is 10.2 Å². The highest BCUT2D eigenvalue weighted by Crippen LogP contribution is 2.13. The topological polar surface area (TPSA) is 55.2 Å². The molecule has 1 N–H and O–H groups in total. The summed E-state index contributed by atoms with van der Waals surface area (Å²) in [4.78, 5) is 0. The monoisotopic (exact) mass is 182 g/mol. The fourth-order valence-corrected chi connectivity index (χ4v) is 0.800. The molecular formula is C9H14N2O2. The molecule has 4 heteroatoms. The minimum atomic E-state index is -0.268. The van der Waals surface area contributed by atoms with Crippen LogP contribution in [0.4, 0.5) is 0 Å². The van der Waals surface area contributed by atoms with Gasteiger partial charge in [-0.1, -0.05) is 0 Å². The summed E-state index contributed by atoms with van der Waals surface area (Å²) in [6.45, 7) is 5.72. The van der Waals surface area contributed by atoms with Gasteiger partial charge in [0.05, 0.1) is 12.3 Å². The van der Waals surface area contributed by atoms with Crippen LogP contribution in [0.1, 0.15) is 26.5 Å². The van der Waals surface area contributed by atoms with Gasteiger partial charge in [-0.2, -0.15) is 0 Å². The minimum absolute atomic E-state index is 0.0944. The van der Waals surface area contributed by atoms with Gasteiger partial charge in [0.1, 0.15) is 5.60 Å². The van der Waals surface area contributed by atoms with E-state index in [1.807, 2.05) is 20.8 Å². The number of nitrogens with zero attached hydrogens (tertiary/aromatic N) is 2. The lowest BCUT2D eigenvalue weighted by atomic mass is 10.2. The summed E-state index contributed by atoms with van der Waals surface area (Å²) in [6, 6.07) is 3.39. The Labute approximate surface area is 77.6 Å². The van der Waals surface area contributed by atoms with E-state index in [4.69, 9.17) is 9.84 Å². The molecule has 0 bridgehead atoms. The Morgan fingerprint density at radius 3 is 2.38 bits per heavy atom. The van der Waals surface area contributed by atoms with E-state index in [0.29, 0.717) is 11.6 Å². The normalized spacial score (nSPS) is 11.4. The molecule has 1 heterocycles. The van der Waals surface area contributed by atoms with Gasteiger partial charge in [0.25, 0.3) is 0 Å². The van der Waals surface area contributed by atoms with Gasteiger partial charge in [-0.25, -0.2) is 0 Å². The molecule has 1 rings (SSSR count). The summed E-state index contributed by atoms with van der Waals surface area (Å²) in [7, 11) is 0. The number of rotatable bonds is 2. The van der Waals surface area contributed by atoms with Crippen LogP contribution in [0.25, 0.3) is 0 Å². The van der Waals surface area contributed by atoms with Crippen molar-refractivity contribution in [2.75, 3.05) is 0 Å². The third-order valence-corrected chi connectivity index (χ3v) is 1.27. The molecule has 13 heavy (non-hydrogen) atoms. The van der Waals surface area contributed by atoms with Crippen LogP contribution < -0.4 is 4.74 Å². The van der Waals surface area contributed by atoms with Gasteiger partial charge in [-0.3, -0.25) is 0 Å². The average Bonchev–Trinajstić information content (AvgIpc) is 2.03. The molecule has 0 saturated carbocycles. The number of ether oxygens (including phenoxy) is 1. The minimum Gasteiger partial charge on any atom is -0.471 e. The molecule has 0 aliphatic rings. The molecule has 0 aliphatic heterocycles. The number of hydrogen-bond donors (Lipinski definition) is 1. The second-order valence-corrected chi connectivity index (χ2v) is 3.74. The second kappa shape index (κ2) is 3.70. The summed E-state index contributed by atoms with van der Waals surface area (Å²) in [6.07, 6.45) is 0. The van der Waals surface area contributed by atoms with Gasteiger partial charge in [-0.05, 0) is 26.8 Å². The van der Waals surface area contributed by atoms with E-state index in [2.05, 4.69) is 10.2 Å². The van der Waals surface area contributed by atoms with E-state index in [0.717, 1.165) is 0 Å². The van der Waals surface area contributed by atoms with Crippen LogP contribution in [0.3, 0.4) is 0 Å². The predicted molar refractivity (Wildman–Crippen MR) is 48.3 cm³/mol. The van der Waals surface area contributed by atoms with Crippen LogP contribution in [0, 0.1) is 0 Å². The maximum Gasteiger partial charge on any atom is 0.233 e. The second-order valence-electron chi connectivity index (χ2n) is 3.74. The Morgan fingerprint density at radius 2 is 2.00 bits per heavy atom. The highest BCUT2D eigenvalue weighted by atomic mass is 16.5. The van der Waals surface area contributed by atoms with Gasteiger partial charge in [0.15, 0.2) is 0 Å². The van der Waals surface area contributed by atoms with Gasteiger partial charge >= 0.3 is 0 Å². The Hall–Kier alpha value is -1.16. The van der Waals surface area contributed by atoms with Crippen LogP contribution in [0.5, 0.6) is 5.88 Å². The van der Waals surface area contributed by atoms with Crippen molar-refractivity contribution in [2.24, 2.45) is 0 Å². The average molecular weight is 182 g/mol. The molecular weight excluding hydrogens is 168 g/mol. The molecule has 0 saturated heterocycles. The summed E-state index contributed by atoms with van der Waals surface area (Å²) < 4.78 is 5.45. The summed E-state index contributed by atoms with van der Waals surface area (Å²) >= 11 is 0. The Bertz CT molecular complexity index is 264. The Balaban J connectivity index is 2.70. The largest absolute Gasteiger partial charge is 0.471 e. The molecule has 0 aliphatic carbocycles. The molecule has 0 amide bonds. The third-order valence-electron chi connectivity index (χ3n) is 1.27. The fourth-order valence-electron chi connectivity index (χ4n) is 0.800. The van der Waals surface area contributed by atoms with Crippen LogP contribution in [-0.4, -0.2) is 20.9 Å². The maximum absolute atomic E-state index is 8.72. The van der Waals surface area contributed by atoms with Crippen molar-refractivity contribution in [1.82, 2.24) is 10.2 Å². The van der Waals surface area contributed by atoms with Gasteiger partial charge in [0.2, 0.25) is 5.88 Å². The highest BCUT2D eigenvalue weighted by Gasteiger charge is 2.12. The van der Waals surface area contributed by atoms with Crippen LogP contribution in [-0.2, 0) is 6.61 Å². The lowest BCUT2D eigenvalue weighted by Gasteiger charge is -2.19. The first-order chi connectivity index (χ1) is 6.01. The molecule has 0 atom stereocenters. The van der Waals surface area contributed by atoms with Crippen molar-refractivity contribution in [2.45, 2.75) is 33.0 Å². The molecule has 72 valence electrons. The highest BCUT2D eigenvalue weighted by molar-refractivity contribution is 5.11. The van der Waals surface area contributed by atoms with Crippen molar-refractivity contribution in [3.8, 4) is 5.88 Å². The zero-order chi connectivity index (χ0) is 9.90. The first-order valence-electron chi connectivity index (χ1n) is 4.14. The first-order valence-corrected chi connectivity index (χ1v) is 4.14. The molecule has 1 aromatic rings. The van der Waals surface area contributed by atoms with Crippen molar-refractivity contribution >= 4 is 0 Å². The summed E-state index contributed by atoms with van der Waals surface area (Å²) in [5, 5.41) is 16.3. The smallest absolute Gasteiger partial charge is 0.233 e. The molecule has 1 aromatic heterocycles. The molecule has 0 fully saturated rings. The van der Waals surface area contributed by atoms with Crippen molar-refractivity contribution in [1.29, 1.82) is 0 Å². The van der Waals surface area contributed by atoms with Crippen LogP contribution in [0.2, 0.25) is 0 Å². The van der Waals surface area contributed by atoms with Crippen LogP contribution in [0.15, 0.2) is 12.1 Å². The molecule has 0 unspecified atom stereocenters. The zero-order valence-corrected chi connectivity index (χ0v) is 8.11. The molecule has 0 radical (unpaired) electrons. The fraction of sp³-hybridized carbons (Fsp3) is 0.556. The summed E-state index contributed by atoms with van der Waals surface area (Å²) in [5.41, 5.74) is 0.274. The molecule has 0 aromatic carbocycles. The Morgan fingerprint density at radius 1 is 1.31 bits per heavy atom. The van der Waals surface area contributed by atoms with Crippen molar-refractivity contribution < 1.29 is 9.84 Å². The van der Waals surface area contributed by atoms with E-state index < -0.39 is 0 Å². The van der Waals surface area contributed by atoms with Gasteiger partial charge in [0, 0.05) is 6.07 Å². The number of aliphatic hydroxyl groups is 1. The lowest BCUT2D eigenvalue weighted by Crippen LogP contribution is -2.23. The number of hydrogen-bond acceptors (Lipinski definition) is 4. The van der Waals surface area contributed by atoms with Gasteiger partial charge < -0.3 is 9.84 Å². The van der Waals surface area contributed by atoms with Crippen molar-refractivity contribution in [3.05, 3.63) is 17.8 Å². The van der Waals surface area contributed by atoms with Crippen LogP contribution >= 0.6 is 0 Å². The van der Waals surface area contributed by atoms with E-state index in [-0.39, 0.29) is 12.2 Å². The maximum atomic E-state index is 8.72. The van der Waals surface area contributed by atoms with Crippen molar-refractivity contribution in [3.63, 3.8) is 0 Å². The van der Waals surface area contributed by atoms with E-state index in [9.17, 15) is 0 Å². The third kappa shape index (κ3) is 3.38. The number of aromatic nitrogens is 2. The molecule has 4 nitrogen and oxygen atoms in total. The molecule has 0 spiro atoms. The first kappa shape index (κ1) is 9.92. The Kier molecular flexibility index (Phi) is 2.83. The lowest BCUT2D eigenvalue weighted by molar-refractivity contribution is 0.122. The zero-order valence-electron chi connectivity index (χ0n) is 8.11. The van der Waals surface area contributed by atoms with E-state index in [1.54, 1.807) is 12.1 Å². The SMILES string of the molecule is CC(C)(C)Oc1ccc(CO)nn1. The van der Waals surface area contributed by atoms with E-state index in [1.165, 1.54) is 0 Å². The summed E-state index contributed by atoms with van der Waals surface area (Å²) in [5.74, 6) is 0.477. The number of aliphatic hydroxyl groups excluding tert-OH is 1. The predicted octanol–water partition coefficient (Wildman–Crippen LogP) is 1.15. The quantitative estimate of drug-likeness (QED) is 0.745. The van der Waals surface area contributed by atoms with E-state index >= 15 is 0 Å². The standard InChI is InChI=1S/C9H14N2O2/c1-9(2,3)13-8-5-4-7(6-12)10-11-8/h4-5,12H,6H2,1-3H3.